The number of ether oxygens (including phenoxy) is 2. The smallest absolute Gasteiger partial charge is 0.158 e. The molecule has 0 spiro atoms. The van der Waals surface area contributed by atoms with Crippen molar-refractivity contribution in [1.82, 2.24) is 0 Å². The van der Waals surface area contributed by atoms with Crippen molar-refractivity contribution in [3.05, 3.63) is 0 Å². The first-order valence-corrected chi connectivity index (χ1v) is 15.2. The Morgan fingerprint density at radius 2 is 1.50 bits per heavy atom. The van der Waals surface area contributed by atoms with Gasteiger partial charge < -0.3 is 14.6 Å². The summed E-state index contributed by atoms with van der Waals surface area (Å²) < 4.78 is 13.3. The molecule has 2 saturated carbocycles. The summed E-state index contributed by atoms with van der Waals surface area (Å²) in [6.45, 7) is 14.2. The predicted molar refractivity (Wildman–Crippen MR) is 143 cm³/mol. The Bertz CT molecular complexity index is 587. The van der Waals surface area contributed by atoms with Gasteiger partial charge in [0.15, 0.2) is 6.29 Å². The summed E-state index contributed by atoms with van der Waals surface area (Å²) in [6.07, 6.45) is 19.4. The quantitative estimate of drug-likeness (QED) is 0.212. The van der Waals surface area contributed by atoms with E-state index in [-0.39, 0.29) is 23.9 Å². The van der Waals surface area contributed by atoms with E-state index < -0.39 is 0 Å². The van der Waals surface area contributed by atoms with Gasteiger partial charge in [-0.2, -0.15) is 0 Å². The van der Waals surface area contributed by atoms with Crippen LogP contribution in [-0.2, 0) is 9.47 Å². The molecule has 0 radical (unpaired) electrons. The van der Waals surface area contributed by atoms with Crippen molar-refractivity contribution in [2.24, 2.45) is 28.6 Å². The van der Waals surface area contributed by atoms with Gasteiger partial charge in [0.2, 0.25) is 0 Å². The number of rotatable bonds is 17. The first-order chi connectivity index (χ1) is 16.2. The second-order valence-electron chi connectivity index (χ2n) is 13.4. The highest BCUT2D eigenvalue weighted by Crippen LogP contribution is 2.71. The van der Waals surface area contributed by atoms with Crippen LogP contribution in [0.25, 0.3) is 0 Å². The van der Waals surface area contributed by atoms with Crippen molar-refractivity contribution >= 4 is 0 Å². The number of aliphatic hydroxyl groups is 1. The Balaban J connectivity index is 1.48. The summed E-state index contributed by atoms with van der Waals surface area (Å²) in [5, 5.41) is 11.1. The lowest BCUT2D eigenvalue weighted by Gasteiger charge is -2.39. The van der Waals surface area contributed by atoms with Gasteiger partial charge in [0.05, 0.1) is 18.3 Å². The van der Waals surface area contributed by atoms with Crippen molar-refractivity contribution in [2.75, 3.05) is 0 Å². The molecule has 34 heavy (non-hydrogen) atoms. The second kappa shape index (κ2) is 12.9. The molecular weight excluding hydrogens is 420 g/mol. The Morgan fingerprint density at radius 1 is 0.882 bits per heavy atom. The third-order valence-corrected chi connectivity index (χ3v) is 10.3. The molecule has 3 fully saturated rings. The van der Waals surface area contributed by atoms with Crippen LogP contribution in [0.1, 0.15) is 144 Å². The summed E-state index contributed by atoms with van der Waals surface area (Å²) in [4.78, 5) is 0. The highest BCUT2D eigenvalue weighted by Gasteiger charge is 2.69. The molecule has 1 heterocycles. The second-order valence-corrected chi connectivity index (χ2v) is 13.4. The Morgan fingerprint density at radius 3 is 2.15 bits per heavy atom. The van der Waals surface area contributed by atoms with Gasteiger partial charge in [0.25, 0.3) is 0 Å². The first kappa shape index (κ1) is 28.5. The third-order valence-electron chi connectivity index (χ3n) is 10.3. The number of hydrogen-bond donors (Lipinski definition) is 1. The van der Waals surface area contributed by atoms with Crippen molar-refractivity contribution in [3.8, 4) is 0 Å². The molecule has 1 saturated heterocycles. The molecule has 1 aliphatic heterocycles. The van der Waals surface area contributed by atoms with Gasteiger partial charge in [-0.1, -0.05) is 112 Å². The van der Waals surface area contributed by atoms with Gasteiger partial charge in [0, 0.05) is 6.42 Å². The standard InChI is InChI=1S/C31H58O3/c1-7-8-9-10-11-12-13-14-19-27(26(32)18-16-15-17-23(2)3)33-28-22-24-25-20-21-31(6,29(24)34-28)30(25,4)5/h23-29,32H,7-22H2,1-6H3/t24-,25-,26+,27+,28-,29-,31+/m1/s1. The maximum Gasteiger partial charge on any atom is 0.158 e. The monoisotopic (exact) mass is 478 g/mol. The Labute approximate surface area is 212 Å². The zero-order valence-electron chi connectivity index (χ0n) is 23.6. The molecule has 0 aromatic rings. The molecule has 3 rings (SSSR count). The summed E-state index contributed by atoms with van der Waals surface area (Å²) in [5.41, 5.74) is 0.656. The van der Waals surface area contributed by atoms with Gasteiger partial charge in [-0.25, -0.2) is 0 Å². The minimum absolute atomic E-state index is 0.0681. The molecule has 2 bridgehead atoms. The molecule has 1 N–H and O–H groups in total. The topological polar surface area (TPSA) is 38.7 Å². The highest BCUT2D eigenvalue weighted by molar-refractivity contribution is 5.16. The number of unbranched alkanes of at least 4 members (excludes halogenated alkanes) is 8. The molecule has 200 valence electrons. The van der Waals surface area contributed by atoms with E-state index in [0.29, 0.717) is 17.4 Å². The molecule has 0 aromatic carbocycles. The number of hydrogen-bond acceptors (Lipinski definition) is 3. The predicted octanol–water partition coefficient (Wildman–Crippen LogP) is 8.67. The molecule has 2 aliphatic carbocycles. The Kier molecular flexibility index (Phi) is 10.8. The number of aliphatic hydroxyl groups excluding tert-OH is 1. The average Bonchev–Trinajstić information content (AvgIpc) is 3.35. The van der Waals surface area contributed by atoms with E-state index in [1.807, 2.05) is 0 Å². The fourth-order valence-electron chi connectivity index (χ4n) is 7.69. The lowest BCUT2D eigenvalue weighted by atomic mass is 9.70. The first-order valence-electron chi connectivity index (χ1n) is 15.2. The zero-order valence-corrected chi connectivity index (χ0v) is 23.6. The van der Waals surface area contributed by atoms with E-state index in [1.165, 1.54) is 70.6 Å². The van der Waals surface area contributed by atoms with Crippen LogP contribution in [-0.4, -0.2) is 29.7 Å². The third kappa shape index (κ3) is 6.60. The van der Waals surface area contributed by atoms with Crippen LogP contribution in [0, 0.1) is 28.6 Å². The highest BCUT2D eigenvalue weighted by atomic mass is 16.7. The van der Waals surface area contributed by atoms with Gasteiger partial charge in [-0.3, -0.25) is 0 Å². The van der Waals surface area contributed by atoms with E-state index >= 15 is 0 Å². The van der Waals surface area contributed by atoms with E-state index in [1.54, 1.807) is 0 Å². The van der Waals surface area contributed by atoms with Gasteiger partial charge >= 0.3 is 0 Å². The van der Waals surface area contributed by atoms with E-state index in [0.717, 1.165) is 43.9 Å². The van der Waals surface area contributed by atoms with Crippen LogP contribution >= 0.6 is 0 Å². The van der Waals surface area contributed by atoms with Crippen molar-refractivity contribution in [1.29, 1.82) is 0 Å². The van der Waals surface area contributed by atoms with E-state index in [2.05, 4.69) is 41.5 Å². The van der Waals surface area contributed by atoms with Crippen molar-refractivity contribution in [2.45, 2.75) is 169 Å². The van der Waals surface area contributed by atoms with Crippen LogP contribution < -0.4 is 0 Å². The Hall–Kier alpha value is -0.120. The minimum Gasteiger partial charge on any atom is -0.390 e. The van der Waals surface area contributed by atoms with Crippen LogP contribution in [0.2, 0.25) is 0 Å². The average molecular weight is 479 g/mol. The number of fused-ring (bicyclic) bond motifs is 5. The van der Waals surface area contributed by atoms with E-state index in [4.69, 9.17) is 9.47 Å². The largest absolute Gasteiger partial charge is 0.390 e. The van der Waals surface area contributed by atoms with Crippen LogP contribution in [0.3, 0.4) is 0 Å². The summed E-state index contributed by atoms with van der Waals surface area (Å²) in [6, 6.07) is 0. The molecule has 0 unspecified atom stereocenters. The summed E-state index contributed by atoms with van der Waals surface area (Å²) >= 11 is 0. The fraction of sp³-hybridized carbons (Fsp3) is 1.00. The summed E-state index contributed by atoms with van der Waals surface area (Å²) in [5.74, 6) is 2.16. The van der Waals surface area contributed by atoms with Gasteiger partial charge in [-0.15, -0.1) is 0 Å². The molecule has 0 aromatic heterocycles. The van der Waals surface area contributed by atoms with Gasteiger partial charge in [-0.05, 0) is 54.3 Å². The molecule has 3 nitrogen and oxygen atoms in total. The minimum atomic E-state index is -0.357. The maximum atomic E-state index is 11.1. The van der Waals surface area contributed by atoms with Crippen molar-refractivity contribution in [3.63, 3.8) is 0 Å². The molecule has 7 atom stereocenters. The lowest BCUT2D eigenvalue weighted by Crippen LogP contribution is -2.39. The van der Waals surface area contributed by atoms with Crippen LogP contribution in [0.15, 0.2) is 0 Å². The zero-order chi connectivity index (χ0) is 24.8. The van der Waals surface area contributed by atoms with Crippen LogP contribution in [0.4, 0.5) is 0 Å². The summed E-state index contributed by atoms with van der Waals surface area (Å²) in [7, 11) is 0. The van der Waals surface area contributed by atoms with Crippen molar-refractivity contribution < 1.29 is 14.6 Å². The van der Waals surface area contributed by atoms with E-state index in [9.17, 15) is 5.11 Å². The van der Waals surface area contributed by atoms with Gasteiger partial charge in [0.1, 0.15) is 0 Å². The molecule has 3 heteroatoms. The normalized spacial score (nSPS) is 33.5. The maximum absolute atomic E-state index is 11.1. The molecular formula is C31H58O3. The van der Waals surface area contributed by atoms with Crippen LogP contribution in [0.5, 0.6) is 0 Å². The fourth-order valence-corrected chi connectivity index (χ4v) is 7.69. The molecule has 3 aliphatic rings. The SMILES string of the molecule is CCCCCCCCCC[C@H](O[C@H]1C[C@@H]2[C@H]3CC[C@@](C)([C@@H]2O1)C3(C)C)[C@@H](O)CCCCC(C)C. The lowest BCUT2D eigenvalue weighted by molar-refractivity contribution is -0.204. The molecule has 0 amide bonds.